The van der Waals surface area contributed by atoms with Gasteiger partial charge in [-0.2, -0.15) is 0 Å². The van der Waals surface area contributed by atoms with Crippen molar-refractivity contribution in [3.05, 3.63) is 63.1 Å². The third kappa shape index (κ3) is 4.31. The summed E-state index contributed by atoms with van der Waals surface area (Å²) in [4.78, 5) is 22.8. The summed E-state index contributed by atoms with van der Waals surface area (Å²) in [6.07, 6.45) is 0. The zero-order valence-electron chi connectivity index (χ0n) is 14.6. The number of thioether (sulfide) groups is 1. The fraction of sp³-hybridized carbons (Fsp3) is 0.118. The molecule has 9 nitrogen and oxygen atoms in total. The van der Waals surface area contributed by atoms with Gasteiger partial charge >= 0.3 is 0 Å². The van der Waals surface area contributed by atoms with Gasteiger partial charge in [0.05, 0.1) is 10.2 Å². The summed E-state index contributed by atoms with van der Waals surface area (Å²) in [5.41, 5.74) is 1.02. The van der Waals surface area contributed by atoms with Crippen molar-refractivity contribution in [1.82, 2.24) is 14.9 Å². The van der Waals surface area contributed by atoms with E-state index >= 15 is 0 Å². The van der Waals surface area contributed by atoms with Crippen molar-refractivity contribution < 1.29 is 9.72 Å². The van der Waals surface area contributed by atoms with Crippen molar-refractivity contribution in [1.29, 1.82) is 0 Å². The minimum Gasteiger partial charge on any atom is -0.335 e. The number of halogens is 1. The number of anilines is 1. The van der Waals surface area contributed by atoms with Crippen LogP contribution in [0.4, 0.5) is 11.4 Å². The summed E-state index contributed by atoms with van der Waals surface area (Å²) < 4.78 is 2.14. The molecule has 1 aromatic heterocycles. The number of aromatic nitrogens is 3. The number of hydrogen-bond donors (Lipinski definition) is 2. The maximum absolute atomic E-state index is 12.4. The van der Waals surface area contributed by atoms with Crippen LogP contribution in [0, 0.1) is 10.1 Å². The zero-order valence-corrected chi connectivity index (χ0v) is 17.0. The van der Waals surface area contributed by atoms with Crippen LogP contribution in [0.3, 0.4) is 0 Å². The molecule has 2 aromatic carbocycles. The number of nitrogen functional groups attached to an aromatic ring is 1. The Labute approximate surface area is 172 Å². The third-order valence-electron chi connectivity index (χ3n) is 3.76. The van der Waals surface area contributed by atoms with Crippen molar-refractivity contribution >= 4 is 45.0 Å². The number of non-ortho nitro benzene ring substituents is 1. The average Bonchev–Trinajstić information content (AvgIpc) is 3.02. The Morgan fingerprint density at radius 1 is 1.29 bits per heavy atom. The van der Waals surface area contributed by atoms with E-state index in [9.17, 15) is 14.9 Å². The lowest BCUT2D eigenvalue weighted by atomic mass is 10.2. The Bertz CT molecular complexity index is 1040. The van der Waals surface area contributed by atoms with E-state index in [0.717, 1.165) is 21.8 Å². The number of nitro benzene ring substituents is 1. The standard InChI is InChI=1S/C17H15BrN6O3S/c1-10(16(25)20-11-5-4-6-12(9-11)24(26)27)28-17-22-21-15(23(17)19)13-7-2-3-8-14(13)18/h2-10H,19H2,1H3,(H,20,25). The Morgan fingerprint density at radius 3 is 2.75 bits per heavy atom. The molecule has 0 aliphatic rings. The van der Waals surface area contributed by atoms with Crippen LogP contribution < -0.4 is 11.2 Å². The monoisotopic (exact) mass is 462 g/mol. The maximum Gasteiger partial charge on any atom is 0.271 e. The molecule has 0 aliphatic heterocycles. The number of hydrogen-bond acceptors (Lipinski definition) is 7. The highest BCUT2D eigenvalue weighted by Crippen LogP contribution is 2.29. The number of nitrogens with zero attached hydrogens (tertiary/aromatic N) is 4. The number of nitro groups is 1. The van der Waals surface area contributed by atoms with Crippen LogP contribution in [0.1, 0.15) is 6.92 Å². The lowest BCUT2D eigenvalue weighted by Gasteiger charge is -2.11. The van der Waals surface area contributed by atoms with Crippen LogP contribution in [0.25, 0.3) is 11.4 Å². The Hall–Kier alpha value is -2.92. The molecule has 1 heterocycles. The minimum atomic E-state index is -0.558. The van der Waals surface area contributed by atoms with Crippen LogP contribution in [0.2, 0.25) is 0 Å². The lowest BCUT2D eigenvalue weighted by Crippen LogP contribution is -2.23. The van der Waals surface area contributed by atoms with Gasteiger partial charge in [-0.25, -0.2) is 4.68 Å². The van der Waals surface area contributed by atoms with E-state index < -0.39 is 10.2 Å². The maximum atomic E-state index is 12.4. The lowest BCUT2D eigenvalue weighted by molar-refractivity contribution is -0.384. The summed E-state index contributed by atoms with van der Waals surface area (Å²) in [6.45, 7) is 1.68. The first-order chi connectivity index (χ1) is 13.4. The molecule has 3 aromatic rings. The third-order valence-corrected chi connectivity index (χ3v) is 5.50. The molecule has 0 bridgehead atoms. The second-order valence-corrected chi connectivity index (χ2v) is 7.88. The van der Waals surface area contributed by atoms with E-state index in [4.69, 9.17) is 5.84 Å². The summed E-state index contributed by atoms with van der Waals surface area (Å²) in [5.74, 6) is 6.22. The van der Waals surface area contributed by atoms with E-state index in [2.05, 4.69) is 31.4 Å². The summed E-state index contributed by atoms with van der Waals surface area (Å²) in [6, 6.07) is 13.2. The highest BCUT2D eigenvalue weighted by atomic mass is 79.9. The van der Waals surface area contributed by atoms with Crippen LogP contribution in [-0.4, -0.2) is 31.0 Å². The molecule has 3 rings (SSSR count). The van der Waals surface area contributed by atoms with Crippen molar-refractivity contribution in [2.75, 3.05) is 11.2 Å². The van der Waals surface area contributed by atoms with Crippen molar-refractivity contribution in [2.24, 2.45) is 0 Å². The molecule has 0 aliphatic carbocycles. The summed E-state index contributed by atoms with van der Waals surface area (Å²) in [7, 11) is 0. The number of nitrogens with one attached hydrogen (secondary N) is 1. The van der Waals surface area contributed by atoms with E-state index in [0.29, 0.717) is 16.7 Å². The second kappa shape index (κ2) is 8.40. The first kappa shape index (κ1) is 19.8. The topological polar surface area (TPSA) is 129 Å². The molecule has 1 amide bonds. The molecule has 3 N–H and O–H groups in total. The molecule has 0 fully saturated rings. The molecular weight excluding hydrogens is 448 g/mol. The van der Waals surface area contributed by atoms with Gasteiger partial charge in [-0.15, -0.1) is 10.2 Å². The largest absolute Gasteiger partial charge is 0.335 e. The van der Waals surface area contributed by atoms with Gasteiger partial charge in [-0.1, -0.05) is 45.9 Å². The number of rotatable bonds is 6. The van der Waals surface area contributed by atoms with Gasteiger partial charge < -0.3 is 11.2 Å². The van der Waals surface area contributed by atoms with E-state index in [1.165, 1.54) is 22.9 Å². The van der Waals surface area contributed by atoms with E-state index in [-0.39, 0.29) is 11.6 Å². The second-order valence-electron chi connectivity index (χ2n) is 5.71. The fourth-order valence-corrected chi connectivity index (χ4v) is 3.57. The highest BCUT2D eigenvalue weighted by molar-refractivity contribution is 9.10. The fourth-order valence-electron chi connectivity index (χ4n) is 2.34. The summed E-state index contributed by atoms with van der Waals surface area (Å²) >= 11 is 4.58. The van der Waals surface area contributed by atoms with Gasteiger partial charge in [0.2, 0.25) is 11.1 Å². The number of carbonyl (C=O) groups excluding carboxylic acids is 1. The molecule has 1 unspecified atom stereocenters. The van der Waals surface area contributed by atoms with Crippen LogP contribution >= 0.6 is 27.7 Å². The van der Waals surface area contributed by atoms with Gasteiger partial charge in [0.25, 0.3) is 5.69 Å². The minimum absolute atomic E-state index is 0.0992. The molecular formula is C17H15BrN6O3S. The molecule has 28 heavy (non-hydrogen) atoms. The number of carbonyl (C=O) groups is 1. The number of benzene rings is 2. The Balaban J connectivity index is 1.72. The summed E-state index contributed by atoms with van der Waals surface area (Å²) in [5, 5.41) is 21.5. The average molecular weight is 463 g/mol. The molecule has 0 saturated heterocycles. The Morgan fingerprint density at radius 2 is 2.04 bits per heavy atom. The van der Waals surface area contributed by atoms with E-state index in [1.807, 2.05) is 24.3 Å². The SMILES string of the molecule is CC(Sc1nnc(-c2ccccc2Br)n1N)C(=O)Nc1cccc([N+](=O)[O-])c1. The van der Waals surface area contributed by atoms with Crippen molar-refractivity contribution in [2.45, 2.75) is 17.3 Å². The first-order valence-corrected chi connectivity index (χ1v) is 9.71. The molecule has 144 valence electrons. The molecule has 0 saturated carbocycles. The van der Waals surface area contributed by atoms with Crippen molar-refractivity contribution in [3.63, 3.8) is 0 Å². The number of amides is 1. The predicted octanol–water partition coefficient (Wildman–Crippen LogP) is 3.45. The van der Waals surface area contributed by atoms with Gasteiger partial charge in [0.15, 0.2) is 5.82 Å². The van der Waals surface area contributed by atoms with Gasteiger partial charge in [-0.3, -0.25) is 14.9 Å². The number of nitrogens with two attached hydrogens (primary N) is 1. The molecule has 0 radical (unpaired) electrons. The normalized spacial score (nSPS) is 11.8. The van der Waals surface area contributed by atoms with Crippen molar-refractivity contribution in [3.8, 4) is 11.4 Å². The van der Waals surface area contributed by atoms with E-state index in [1.54, 1.807) is 13.0 Å². The molecule has 0 spiro atoms. The quantitative estimate of drug-likeness (QED) is 0.248. The van der Waals surface area contributed by atoms with Crippen LogP contribution in [0.15, 0.2) is 58.2 Å². The highest BCUT2D eigenvalue weighted by Gasteiger charge is 2.21. The first-order valence-electron chi connectivity index (χ1n) is 8.04. The predicted molar refractivity (Wildman–Crippen MR) is 110 cm³/mol. The van der Waals surface area contributed by atoms with Gasteiger partial charge in [0, 0.05) is 27.9 Å². The van der Waals surface area contributed by atoms with Crippen LogP contribution in [-0.2, 0) is 4.79 Å². The van der Waals surface area contributed by atoms with Gasteiger partial charge in [0.1, 0.15) is 0 Å². The molecule has 1 atom stereocenters. The zero-order chi connectivity index (χ0) is 20.3. The van der Waals surface area contributed by atoms with Gasteiger partial charge in [-0.05, 0) is 25.1 Å². The Kier molecular flexibility index (Phi) is 5.95. The van der Waals surface area contributed by atoms with Crippen LogP contribution in [0.5, 0.6) is 0 Å². The molecule has 11 heteroatoms. The smallest absolute Gasteiger partial charge is 0.271 e.